The van der Waals surface area contributed by atoms with E-state index in [1.54, 1.807) is 0 Å². The number of amides is 1. The molecular weight excluding hydrogens is 391 g/mol. The molecule has 7 nitrogen and oxygen atoms in total. The molecule has 2 rings (SSSR count). The Morgan fingerprint density at radius 1 is 1.38 bits per heavy atom. The van der Waals surface area contributed by atoms with E-state index < -0.39 is 22.8 Å². The fourth-order valence-corrected chi connectivity index (χ4v) is 2.94. The number of halogens is 1. The first-order chi connectivity index (χ1) is 9.91. The number of aliphatic carboxylic acids is 1. The Balaban J connectivity index is 2.36. The van der Waals surface area contributed by atoms with Crippen LogP contribution in [0.3, 0.4) is 0 Å². The van der Waals surface area contributed by atoms with Crippen LogP contribution >= 0.6 is 22.6 Å². The molecule has 1 fully saturated rings. The van der Waals surface area contributed by atoms with Gasteiger partial charge < -0.3 is 10.0 Å². The largest absolute Gasteiger partial charge is 0.480 e. The second-order valence-corrected chi connectivity index (χ2v) is 5.93. The smallest absolute Gasteiger partial charge is 0.326 e. The second-order valence-electron chi connectivity index (χ2n) is 4.77. The summed E-state index contributed by atoms with van der Waals surface area (Å²) < 4.78 is 0.568. The predicted octanol–water partition coefficient (Wildman–Crippen LogP) is 2.28. The van der Waals surface area contributed by atoms with Crippen molar-refractivity contribution in [1.82, 2.24) is 4.90 Å². The fraction of sp³-hybridized carbons (Fsp3) is 0.385. The number of carbonyl (C=O) groups excluding carboxylic acids is 1. The molecule has 1 aliphatic rings. The summed E-state index contributed by atoms with van der Waals surface area (Å²) in [7, 11) is 0. The van der Waals surface area contributed by atoms with Gasteiger partial charge in [-0.25, -0.2) is 4.79 Å². The zero-order chi connectivity index (χ0) is 15.6. The molecule has 1 atom stereocenters. The highest BCUT2D eigenvalue weighted by Crippen LogP contribution is 2.25. The lowest BCUT2D eigenvalue weighted by molar-refractivity contribution is -0.384. The van der Waals surface area contributed by atoms with Crippen LogP contribution in [0.4, 0.5) is 5.69 Å². The van der Waals surface area contributed by atoms with Crippen molar-refractivity contribution in [2.45, 2.75) is 25.3 Å². The zero-order valence-corrected chi connectivity index (χ0v) is 13.1. The molecule has 1 heterocycles. The SMILES string of the molecule is O=C(O)[C@@H]1CCCCN1C(=O)c1cc([N+](=O)[O-])ccc1I. The van der Waals surface area contributed by atoms with E-state index in [1.807, 2.05) is 22.6 Å². The van der Waals surface area contributed by atoms with Gasteiger partial charge in [0.2, 0.25) is 0 Å². The number of rotatable bonds is 3. The summed E-state index contributed by atoms with van der Waals surface area (Å²) in [6, 6.07) is 3.16. The molecule has 1 saturated heterocycles. The number of likely N-dealkylation sites (tertiary alicyclic amines) is 1. The Hall–Kier alpha value is -1.71. The quantitative estimate of drug-likeness (QED) is 0.473. The van der Waals surface area contributed by atoms with E-state index in [4.69, 9.17) is 0 Å². The molecule has 0 aliphatic carbocycles. The number of nitrogens with zero attached hydrogens (tertiary/aromatic N) is 2. The summed E-state index contributed by atoms with van der Waals surface area (Å²) >= 11 is 1.92. The van der Waals surface area contributed by atoms with Gasteiger partial charge in [0, 0.05) is 22.2 Å². The third-order valence-electron chi connectivity index (χ3n) is 3.44. The molecule has 1 aromatic carbocycles. The highest BCUT2D eigenvalue weighted by atomic mass is 127. The number of hydrogen-bond acceptors (Lipinski definition) is 4. The molecule has 0 saturated carbocycles. The van der Waals surface area contributed by atoms with Crippen LogP contribution < -0.4 is 0 Å². The average Bonchev–Trinajstić information content (AvgIpc) is 2.46. The van der Waals surface area contributed by atoms with Crippen molar-refractivity contribution >= 4 is 40.2 Å². The fourth-order valence-electron chi connectivity index (χ4n) is 2.38. The number of hydrogen-bond donors (Lipinski definition) is 1. The molecule has 1 N–H and O–H groups in total. The van der Waals surface area contributed by atoms with E-state index in [0.29, 0.717) is 16.5 Å². The number of carboxylic acid groups (broad SMARTS) is 1. The molecule has 1 amide bonds. The first-order valence-corrected chi connectivity index (χ1v) is 7.47. The molecule has 112 valence electrons. The van der Waals surface area contributed by atoms with Gasteiger partial charge in [-0.1, -0.05) is 0 Å². The van der Waals surface area contributed by atoms with Gasteiger partial charge in [0.05, 0.1) is 10.5 Å². The molecule has 1 aliphatic heterocycles. The number of nitro groups is 1. The van der Waals surface area contributed by atoms with Crippen molar-refractivity contribution in [2.24, 2.45) is 0 Å². The van der Waals surface area contributed by atoms with Crippen LogP contribution in [0.1, 0.15) is 29.6 Å². The van der Waals surface area contributed by atoms with Crippen molar-refractivity contribution in [3.05, 3.63) is 37.4 Å². The minimum Gasteiger partial charge on any atom is -0.480 e. The van der Waals surface area contributed by atoms with Crippen molar-refractivity contribution in [2.75, 3.05) is 6.54 Å². The van der Waals surface area contributed by atoms with Crippen LogP contribution in [0.5, 0.6) is 0 Å². The van der Waals surface area contributed by atoms with Gasteiger partial charge in [0.25, 0.3) is 11.6 Å². The standard InChI is InChI=1S/C13H13IN2O5/c14-10-5-4-8(16(20)21)7-9(10)12(17)15-6-2-1-3-11(15)13(18)19/h4-5,7,11H,1-3,6H2,(H,18,19)/t11-/m0/s1. The van der Waals surface area contributed by atoms with Crippen LogP contribution in [-0.4, -0.2) is 39.4 Å². The minimum absolute atomic E-state index is 0.178. The summed E-state index contributed by atoms with van der Waals surface area (Å²) in [6.45, 7) is 0.356. The molecule has 8 heteroatoms. The maximum atomic E-state index is 12.5. The van der Waals surface area contributed by atoms with E-state index in [-0.39, 0.29) is 11.3 Å². The van der Waals surface area contributed by atoms with Gasteiger partial charge in [-0.15, -0.1) is 0 Å². The molecule has 1 aromatic rings. The Kier molecular flexibility index (Phi) is 4.76. The summed E-state index contributed by atoms with van der Waals surface area (Å²) in [6.07, 6.45) is 1.90. The summed E-state index contributed by atoms with van der Waals surface area (Å²) in [4.78, 5) is 35.3. The third kappa shape index (κ3) is 3.31. The van der Waals surface area contributed by atoms with Crippen LogP contribution in [-0.2, 0) is 4.79 Å². The lowest BCUT2D eigenvalue weighted by atomic mass is 10.0. The average molecular weight is 404 g/mol. The summed E-state index contributed by atoms with van der Waals surface area (Å²) in [5.74, 6) is -1.50. The molecule has 0 spiro atoms. The Labute approximate surface area is 134 Å². The summed E-state index contributed by atoms with van der Waals surface area (Å²) in [5.41, 5.74) is 0.000556. The van der Waals surface area contributed by atoms with Gasteiger partial charge in [0.15, 0.2) is 0 Å². The lowest BCUT2D eigenvalue weighted by Crippen LogP contribution is -2.48. The van der Waals surface area contributed by atoms with Crippen LogP contribution in [0, 0.1) is 13.7 Å². The monoisotopic (exact) mass is 404 g/mol. The van der Waals surface area contributed by atoms with Crippen molar-refractivity contribution < 1.29 is 19.6 Å². The Bertz CT molecular complexity index is 604. The van der Waals surface area contributed by atoms with Crippen molar-refractivity contribution in [3.63, 3.8) is 0 Å². The Morgan fingerprint density at radius 3 is 2.71 bits per heavy atom. The van der Waals surface area contributed by atoms with Crippen LogP contribution in [0.15, 0.2) is 18.2 Å². The van der Waals surface area contributed by atoms with Crippen molar-refractivity contribution in [3.8, 4) is 0 Å². The normalized spacial score (nSPS) is 18.3. The van der Waals surface area contributed by atoms with Crippen LogP contribution in [0.2, 0.25) is 0 Å². The number of carbonyl (C=O) groups is 2. The molecule has 0 unspecified atom stereocenters. The third-order valence-corrected chi connectivity index (χ3v) is 4.38. The number of nitro benzene ring substituents is 1. The van der Waals surface area contributed by atoms with E-state index in [9.17, 15) is 24.8 Å². The Morgan fingerprint density at radius 2 is 2.10 bits per heavy atom. The number of piperidine rings is 1. The van der Waals surface area contributed by atoms with Crippen molar-refractivity contribution in [1.29, 1.82) is 0 Å². The summed E-state index contributed by atoms with van der Waals surface area (Å²) in [5, 5.41) is 20.0. The molecular formula is C13H13IN2O5. The molecule has 21 heavy (non-hydrogen) atoms. The van der Waals surface area contributed by atoms with Gasteiger partial charge in [0.1, 0.15) is 6.04 Å². The van der Waals surface area contributed by atoms with Gasteiger partial charge in [-0.3, -0.25) is 14.9 Å². The predicted molar refractivity (Wildman–Crippen MR) is 82.1 cm³/mol. The number of carboxylic acids is 1. The van der Waals surface area contributed by atoms with E-state index in [1.165, 1.54) is 23.1 Å². The van der Waals surface area contributed by atoms with Gasteiger partial charge >= 0.3 is 5.97 Å². The van der Waals surface area contributed by atoms with E-state index in [2.05, 4.69) is 0 Å². The minimum atomic E-state index is -1.04. The number of non-ortho nitro benzene ring substituents is 1. The maximum absolute atomic E-state index is 12.5. The first kappa shape index (κ1) is 15.7. The molecule has 0 aromatic heterocycles. The molecule has 0 radical (unpaired) electrons. The lowest BCUT2D eigenvalue weighted by Gasteiger charge is -2.33. The van der Waals surface area contributed by atoms with E-state index in [0.717, 1.165) is 12.8 Å². The van der Waals surface area contributed by atoms with Crippen LogP contribution in [0.25, 0.3) is 0 Å². The van der Waals surface area contributed by atoms with Gasteiger partial charge in [-0.2, -0.15) is 0 Å². The highest BCUT2D eigenvalue weighted by molar-refractivity contribution is 14.1. The number of benzene rings is 1. The maximum Gasteiger partial charge on any atom is 0.326 e. The molecule has 0 bridgehead atoms. The topological polar surface area (TPSA) is 101 Å². The zero-order valence-electron chi connectivity index (χ0n) is 11.0. The second kappa shape index (κ2) is 6.37. The highest BCUT2D eigenvalue weighted by Gasteiger charge is 2.33. The first-order valence-electron chi connectivity index (χ1n) is 6.39. The van der Waals surface area contributed by atoms with E-state index >= 15 is 0 Å². The van der Waals surface area contributed by atoms with Gasteiger partial charge in [-0.05, 0) is 47.9 Å².